The van der Waals surface area contributed by atoms with Crippen molar-refractivity contribution in [1.82, 2.24) is 20.2 Å². The molecule has 0 bridgehead atoms. The summed E-state index contributed by atoms with van der Waals surface area (Å²) in [6.45, 7) is 3.20. The number of para-hydroxylation sites is 2. The number of nitrogens with one attached hydrogen (secondary N) is 2. The van der Waals surface area contributed by atoms with Crippen molar-refractivity contribution < 1.29 is 9.59 Å². The van der Waals surface area contributed by atoms with Gasteiger partial charge in [-0.2, -0.15) is 0 Å². The van der Waals surface area contributed by atoms with Gasteiger partial charge in [0.05, 0.1) is 17.0 Å². The number of rotatable bonds is 9. The van der Waals surface area contributed by atoms with E-state index in [2.05, 4.69) is 20.2 Å². The fraction of sp³-hybridized carbons (Fsp3) is 0.375. The van der Waals surface area contributed by atoms with Gasteiger partial charge in [0.2, 0.25) is 5.91 Å². The molecule has 0 aliphatic carbocycles. The van der Waals surface area contributed by atoms with E-state index in [0.29, 0.717) is 12.1 Å². The third-order valence-electron chi connectivity index (χ3n) is 5.80. The minimum Gasteiger partial charge on any atom is -0.369 e. The Morgan fingerprint density at radius 2 is 2.00 bits per heavy atom. The number of nitrogens with zero attached hydrogens (tertiary/aromatic N) is 2. The number of primary amides is 1. The van der Waals surface area contributed by atoms with Gasteiger partial charge in [0.1, 0.15) is 0 Å². The molecule has 1 saturated heterocycles. The molecule has 168 valence electrons. The number of nitrogens with two attached hydrogens (primary N) is 1. The van der Waals surface area contributed by atoms with Crippen LogP contribution in [0.5, 0.6) is 0 Å². The summed E-state index contributed by atoms with van der Waals surface area (Å²) in [6.07, 6.45) is 2.74. The van der Waals surface area contributed by atoms with E-state index >= 15 is 0 Å². The van der Waals surface area contributed by atoms with E-state index in [0.717, 1.165) is 66.4 Å². The van der Waals surface area contributed by atoms with Gasteiger partial charge in [-0.1, -0.05) is 36.0 Å². The molecule has 1 aliphatic rings. The molecule has 1 fully saturated rings. The van der Waals surface area contributed by atoms with E-state index in [1.807, 2.05) is 48.5 Å². The number of fused-ring (bicyclic) bond motifs is 1. The Morgan fingerprint density at radius 1 is 1.19 bits per heavy atom. The quantitative estimate of drug-likeness (QED) is 0.342. The Morgan fingerprint density at radius 3 is 2.78 bits per heavy atom. The Kier molecular flexibility index (Phi) is 7.44. The summed E-state index contributed by atoms with van der Waals surface area (Å²) >= 11 is 1.64. The molecular weight excluding hydrogens is 422 g/mol. The molecule has 0 spiro atoms. The lowest BCUT2D eigenvalue weighted by Gasteiger charge is -2.31. The molecule has 2 amide bonds. The molecule has 0 radical (unpaired) electrons. The first-order valence-corrected chi connectivity index (χ1v) is 12.0. The van der Waals surface area contributed by atoms with Crippen LogP contribution in [0.1, 0.15) is 35.2 Å². The van der Waals surface area contributed by atoms with E-state index < -0.39 is 0 Å². The largest absolute Gasteiger partial charge is 0.369 e. The zero-order valence-corrected chi connectivity index (χ0v) is 18.9. The van der Waals surface area contributed by atoms with Crippen LogP contribution in [-0.4, -0.2) is 52.9 Å². The molecule has 3 aromatic rings. The summed E-state index contributed by atoms with van der Waals surface area (Å²) in [5.41, 5.74) is 9.24. The van der Waals surface area contributed by atoms with Gasteiger partial charge in [-0.05, 0) is 62.2 Å². The summed E-state index contributed by atoms with van der Waals surface area (Å²) in [5.74, 6) is 0.476. The molecule has 7 nitrogen and oxygen atoms in total. The smallest absolute Gasteiger partial charge is 0.251 e. The van der Waals surface area contributed by atoms with Gasteiger partial charge < -0.3 is 20.9 Å². The number of H-pyrrole nitrogens is 1. The fourth-order valence-corrected chi connectivity index (χ4v) is 4.84. The number of likely N-dealkylation sites (tertiary alicyclic amines) is 1. The van der Waals surface area contributed by atoms with Gasteiger partial charge >= 0.3 is 0 Å². The maximum atomic E-state index is 12.4. The highest BCUT2D eigenvalue weighted by atomic mass is 32.2. The number of aromatic nitrogens is 2. The Labute approximate surface area is 192 Å². The molecule has 1 aromatic heterocycles. The van der Waals surface area contributed by atoms with Crippen LogP contribution in [0.4, 0.5) is 0 Å². The molecule has 1 unspecified atom stereocenters. The second kappa shape index (κ2) is 10.7. The fourth-order valence-electron chi connectivity index (χ4n) is 4.00. The number of piperidine rings is 1. The van der Waals surface area contributed by atoms with Gasteiger partial charge in [-0.3, -0.25) is 9.59 Å². The van der Waals surface area contributed by atoms with E-state index in [1.165, 1.54) is 0 Å². The van der Waals surface area contributed by atoms with Crippen LogP contribution in [-0.2, 0) is 10.5 Å². The number of amides is 2. The number of hydrogen-bond donors (Lipinski definition) is 3. The van der Waals surface area contributed by atoms with Crippen LogP contribution in [0.3, 0.4) is 0 Å². The second-order valence-electron chi connectivity index (χ2n) is 8.20. The molecule has 0 saturated carbocycles. The molecule has 8 heteroatoms. The van der Waals surface area contributed by atoms with Crippen molar-refractivity contribution in [3.8, 4) is 0 Å². The minimum atomic E-state index is -0.206. The third-order valence-corrected chi connectivity index (χ3v) is 6.75. The predicted octanol–water partition coefficient (Wildman–Crippen LogP) is 3.17. The van der Waals surface area contributed by atoms with E-state index in [-0.39, 0.29) is 17.7 Å². The molecule has 1 aliphatic heterocycles. The summed E-state index contributed by atoms with van der Waals surface area (Å²) in [5, 5.41) is 3.88. The van der Waals surface area contributed by atoms with Crippen LogP contribution in [0.2, 0.25) is 0 Å². The van der Waals surface area contributed by atoms with Gasteiger partial charge in [0.15, 0.2) is 5.16 Å². The number of hydrogen-bond acceptors (Lipinski definition) is 5. The van der Waals surface area contributed by atoms with Crippen molar-refractivity contribution in [2.45, 2.75) is 30.2 Å². The zero-order valence-electron chi connectivity index (χ0n) is 18.0. The standard InChI is InChI=1S/C24H29N5O2S/c25-22(30)19-5-3-13-29(15-19)14-4-12-26-23(31)18-10-8-17(9-11-18)16-32-24-27-20-6-1-2-7-21(20)28-24/h1-2,6-11,19H,3-5,12-16H2,(H2,25,30)(H,26,31)(H,27,28). The monoisotopic (exact) mass is 451 g/mol. The minimum absolute atomic E-state index is 0.0399. The normalized spacial score (nSPS) is 16.8. The first-order chi connectivity index (χ1) is 15.6. The average molecular weight is 452 g/mol. The Balaban J connectivity index is 1.19. The van der Waals surface area contributed by atoms with Gasteiger partial charge in [-0.15, -0.1) is 0 Å². The molecule has 2 heterocycles. The van der Waals surface area contributed by atoms with Gasteiger partial charge in [-0.25, -0.2) is 4.98 Å². The summed E-state index contributed by atoms with van der Waals surface area (Å²) in [6, 6.07) is 15.7. The topological polar surface area (TPSA) is 104 Å². The highest BCUT2D eigenvalue weighted by Gasteiger charge is 2.23. The van der Waals surface area contributed by atoms with Gasteiger partial charge in [0, 0.05) is 24.4 Å². The van der Waals surface area contributed by atoms with Crippen LogP contribution in [0.25, 0.3) is 11.0 Å². The van der Waals surface area contributed by atoms with Crippen molar-refractivity contribution in [3.63, 3.8) is 0 Å². The average Bonchev–Trinajstić information content (AvgIpc) is 3.24. The van der Waals surface area contributed by atoms with Crippen LogP contribution in [0, 0.1) is 5.92 Å². The zero-order chi connectivity index (χ0) is 22.3. The van der Waals surface area contributed by atoms with Crippen molar-refractivity contribution in [2.75, 3.05) is 26.2 Å². The van der Waals surface area contributed by atoms with E-state index in [1.54, 1.807) is 11.8 Å². The van der Waals surface area contributed by atoms with Crippen molar-refractivity contribution in [2.24, 2.45) is 11.7 Å². The maximum absolute atomic E-state index is 12.4. The highest BCUT2D eigenvalue weighted by Crippen LogP contribution is 2.23. The number of benzene rings is 2. The van der Waals surface area contributed by atoms with Crippen LogP contribution in [0.15, 0.2) is 53.7 Å². The maximum Gasteiger partial charge on any atom is 0.251 e. The number of thioether (sulfide) groups is 1. The first-order valence-electron chi connectivity index (χ1n) is 11.0. The number of carbonyl (C=O) groups is 2. The Hall–Kier alpha value is -2.84. The summed E-state index contributed by atoms with van der Waals surface area (Å²) < 4.78 is 0. The van der Waals surface area contributed by atoms with E-state index in [4.69, 9.17) is 5.73 Å². The lowest BCUT2D eigenvalue weighted by atomic mass is 9.97. The SMILES string of the molecule is NC(=O)C1CCCN(CCCNC(=O)c2ccc(CSc3nc4ccccc4[nH]3)cc2)C1. The second-order valence-corrected chi connectivity index (χ2v) is 9.16. The number of carbonyl (C=O) groups excluding carboxylic acids is 2. The highest BCUT2D eigenvalue weighted by molar-refractivity contribution is 7.98. The number of aromatic amines is 1. The number of imidazole rings is 1. The summed E-state index contributed by atoms with van der Waals surface area (Å²) in [7, 11) is 0. The molecule has 32 heavy (non-hydrogen) atoms. The molecule has 4 rings (SSSR count). The first kappa shape index (κ1) is 22.4. The van der Waals surface area contributed by atoms with Crippen molar-refractivity contribution in [1.29, 1.82) is 0 Å². The van der Waals surface area contributed by atoms with Gasteiger partial charge in [0.25, 0.3) is 5.91 Å². The Bertz CT molecular complexity index is 1030. The predicted molar refractivity (Wildman–Crippen MR) is 127 cm³/mol. The van der Waals surface area contributed by atoms with Crippen LogP contribution < -0.4 is 11.1 Å². The van der Waals surface area contributed by atoms with E-state index in [9.17, 15) is 9.59 Å². The van der Waals surface area contributed by atoms with Crippen molar-refractivity contribution in [3.05, 3.63) is 59.7 Å². The van der Waals surface area contributed by atoms with Crippen molar-refractivity contribution >= 4 is 34.6 Å². The van der Waals surface area contributed by atoms with Crippen LogP contribution >= 0.6 is 11.8 Å². The molecule has 4 N–H and O–H groups in total. The lowest BCUT2D eigenvalue weighted by Crippen LogP contribution is -2.42. The summed E-state index contributed by atoms with van der Waals surface area (Å²) in [4.78, 5) is 34.0. The molecule has 2 aromatic carbocycles. The lowest BCUT2D eigenvalue weighted by molar-refractivity contribution is -0.123. The molecular formula is C24H29N5O2S. The molecule has 1 atom stereocenters. The third kappa shape index (κ3) is 5.89.